The minimum absolute atomic E-state index is 0.112. The summed E-state index contributed by atoms with van der Waals surface area (Å²) >= 11 is 13.0. The fourth-order valence-electron chi connectivity index (χ4n) is 2.11. The molecule has 136 valence electrons. The Balaban J connectivity index is 2.59. The molecular formula is C16H9Br4NO5. The van der Waals surface area contributed by atoms with Gasteiger partial charge in [-0.2, -0.15) is 0 Å². The molecule has 0 bridgehead atoms. The molecule has 10 heteroatoms. The largest absolute Gasteiger partial charge is 0.478 e. The Kier molecular flexibility index (Phi) is 7.00. The van der Waals surface area contributed by atoms with E-state index >= 15 is 0 Å². The monoisotopic (exact) mass is 611 g/mol. The molecule has 0 aliphatic heterocycles. The molecule has 2 rings (SSSR count). The first-order valence-corrected chi connectivity index (χ1v) is 9.95. The number of halogens is 4. The predicted molar refractivity (Wildman–Crippen MR) is 110 cm³/mol. The van der Waals surface area contributed by atoms with Crippen molar-refractivity contribution in [1.82, 2.24) is 0 Å². The second-order valence-corrected chi connectivity index (χ2v) is 7.97. The van der Waals surface area contributed by atoms with Gasteiger partial charge in [-0.3, -0.25) is 4.79 Å². The highest BCUT2D eigenvalue weighted by molar-refractivity contribution is 9.15. The van der Waals surface area contributed by atoms with Crippen molar-refractivity contribution >= 4 is 87.3 Å². The molecule has 0 atom stereocenters. The Hall–Kier alpha value is -1.23. The van der Waals surface area contributed by atoms with Crippen LogP contribution in [-0.2, 0) is 4.74 Å². The number of amides is 1. The molecule has 0 heterocycles. The van der Waals surface area contributed by atoms with E-state index in [1.165, 1.54) is 19.2 Å². The highest BCUT2D eigenvalue weighted by Crippen LogP contribution is 2.42. The number of rotatable bonds is 4. The molecule has 0 spiro atoms. The zero-order valence-electron chi connectivity index (χ0n) is 12.9. The third-order valence-corrected chi connectivity index (χ3v) is 8.06. The van der Waals surface area contributed by atoms with Crippen LogP contribution in [-0.4, -0.2) is 30.1 Å². The lowest BCUT2D eigenvalue weighted by Crippen LogP contribution is -2.20. The van der Waals surface area contributed by atoms with Gasteiger partial charge in [0, 0.05) is 17.9 Å². The van der Waals surface area contributed by atoms with E-state index in [0.717, 1.165) is 0 Å². The van der Waals surface area contributed by atoms with Crippen LogP contribution in [0.1, 0.15) is 31.1 Å². The fourth-order valence-corrected chi connectivity index (χ4v) is 4.58. The van der Waals surface area contributed by atoms with E-state index in [-0.39, 0.29) is 31.3 Å². The van der Waals surface area contributed by atoms with Crippen molar-refractivity contribution in [3.63, 3.8) is 0 Å². The van der Waals surface area contributed by atoms with E-state index in [2.05, 4.69) is 73.8 Å². The van der Waals surface area contributed by atoms with Crippen molar-refractivity contribution in [2.45, 2.75) is 0 Å². The van der Waals surface area contributed by atoms with Crippen LogP contribution in [0, 0.1) is 0 Å². The number of para-hydroxylation sites is 1. The van der Waals surface area contributed by atoms with Crippen LogP contribution in [0.2, 0.25) is 0 Å². The van der Waals surface area contributed by atoms with E-state index < -0.39 is 17.8 Å². The number of benzene rings is 2. The fraction of sp³-hybridized carbons (Fsp3) is 0.0625. The molecule has 1 amide bonds. The van der Waals surface area contributed by atoms with Gasteiger partial charge < -0.3 is 15.2 Å². The third kappa shape index (κ3) is 4.03. The number of methoxy groups -OCH3 is 1. The number of carbonyl (C=O) groups is 3. The molecule has 2 N–H and O–H groups in total. The lowest BCUT2D eigenvalue weighted by atomic mass is 10.1. The second kappa shape index (κ2) is 8.64. The van der Waals surface area contributed by atoms with Gasteiger partial charge in [0.25, 0.3) is 5.91 Å². The third-order valence-electron chi connectivity index (χ3n) is 3.29. The number of hydrogen-bond acceptors (Lipinski definition) is 4. The van der Waals surface area contributed by atoms with Crippen molar-refractivity contribution < 1.29 is 24.2 Å². The van der Waals surface area contributed by atoms with Gasteiger partial charge in [-0.1, -0.05) is 12.1 Å². The molecule has 0 saturated heterocycles. The molecule has 0 fully saturated rings. The SMILES string of the molecule is COC(=O)c1ccccc1NC(=O)c1c(Br)c(Br)c(Br)c(Br)c1C(=O)O. The van der Waals surface area contributed by atoms with Crippen molar-refractivity contribution in [3.8, 4) is 0 Å². The van der Waals surface area contributed by atoms with Gasteiger partial charge in [0.05, 0.1) is 29.5 Å². The van der Waals surface area contributed by atoms with E-state index in [4.69, 9.17) is 0 Å². The maximum atomic E-state index is 12.8. The minimum atomic E-state index is -1.29. The number of hydrogen-bond donors (Lipinski definition) is 2. The number of anilines is 1. The van der Waals surface area contributed by atoms with Crippen molar-refractivity contribution in [2.75, 3.05) is 12.4 Å². The number of nitrogens with one attached hydrogen (secondary N) is 1. The second-order valence-electron chi connectivity index (χ2n) is 4.80. The molecule has 2 aromatic rings. The summed E-state index contributed by atoms with van der Waals surface area (Å²) in [6, 6.07) is 6.25. The predicted octanol–water partition coefficient (Wildman–Crippen LogP) is 5.47. The van der Waals surface area contributed by atoms with Crippen LogP contribution in [0.25, 0.3) is 0 Å². The normalized spacial score (nSPS) is 10.3. The maximum absolute atomic E-state index is 12.8. The van der Waals surface area contributed by atoms with E-state index in [1.807, 2.05) is 0 Å². The molecule has 6 nitrogen and oxygen atoms in total. The van der Waals surface area contributed by atoms with Gasteiger partial charge in [-0.15, -0.1) is 0 Å². The topological polar surface area (TPSA) is 92.7 Å². The molecular weight excluding hydrogens is 606 g/mol. The standard InChI is InChI=1S/C16H9Br4NO5/c1-26-16(25)6-4-2-3-5-7(6)21-14(22)8-9(15(23)24)11(18)13(20)12(19)10(8)17/h2-5H,1H3,(H,21,22)(H,23,24). The van der Waals surface area contributed by atoms with E-state index in [1.54, 1.807) is 12.1 Å². The first-order chi connectivity index (χ1) is 12.2. The minimum Gasteiger partial charge on any atom is -0.478 e. The average Bonchev–Trinajstić information content (AvgIpc) is 2.62. The van der Waals surface area contributed by atoms with Crippen molar-refractivity contribution in [2.24, 2.45) is 0 Å². The number of carboxylic acid groups (broad SMARTS) is 1. The number of carbonyl (C=O) groups excluding carboxylic acids is 2. The van der Waals surface area contributed by atoms with Gasteiger partial charge in [-0.05, 0) is 75.9 Å². The summed E-state index contributed by atoms with van der Waals surface area (Å²) in [6.45, 7) is 0. The summed E-state index contributed by atoms with van der Waals surface area (Å²) in [4.78, 5) is 36.4. The van der Waals surface area contributed by atoms with Gasteiger partial charge >= 0.3 is 11.9 Å². The molecule has 0 aliphatic rings. The Morgan fingerprint density at radius 1 is 0.923 bits per heavy atom. The van der Waals surface area contributed by atoms with Gasteiger partial charge in [0.1, 0.15) is 0 Å². The molecule has 26 heavy (non-hydrogen) atoms. The Morgan fingerprint density at radius 3 is 2.00 bits per heavy atom. The Bertz CT molecular complexity index is 929. The van der Waals surface area contributed by atoms with Crippen LogP contribution in [0.5, 0.6) is 0 Å². The molecule has 0 saturated carbocycles. The summed E-state index contributed by atoms with van der Waals surface area (Å²) in [5.74, 6) is -2.63. The zero-order valence-corrected chi connectivity index (χ0v) is 19.2. The summed E-state index contributed by atoms with van der Waals surface area (Å²) in [5, 5.41) is 12.1. The maximum Gasteiger partial charge on any atom is 0.339 e. The number of ether oxygens (including phenoxy) is 1. The summed E-state index contributed by atoms with van der Waals surface area (Å²) in [6.07, 6.45) is 0. The lowest BCUT2D eigenvalue weighted by Gasteiger charge is -2.15. The average molecular weight is 615 g/mol. The first kappa shape index (κ1) is 21.1. The van der Waals surface area contributed by atoms with E-state index in [9.17, 15) is 19.5 Å². The highest BCUT2D eigenvalue weighted by atomic mass is 79.9. The number of esters is 1. The summed E-state index contributed by atoms with van der Waals surface area (Å²) in [5.41, 5.74) is -0.00605. The van der Waals surface area contributed by atoms with E-state index in [0.29, 0.717) is 8.95 Å². The van der Waals surface area contributed by atoms with Gasteiger partial charge in [0.15, 0.2) is 0 Å². The smallest absolute Gasteiger partial charge is 0.339 e. The molecule has 0 aliphatic carbocycles. The first-order valence-electron chi connectivity index (χ1n) is 6.78. The molecule has 2 aromatic carbocycles. The lowest BCUT2D eigenvalue weighted by molar-refractivity contribution is 0.0601. The van der Waals surface area contributed by atoms with Crippen molar-refractivity contribution in [3.05, 3.63) is 58.8 Å². The van der Waals surface area contributed by atoms with Crippen LogP contribution in [0.3, 0.4) is 0 Å². The number of carboxylic acids is 1. The Morgan fingerprint density at radius 2 is 1.46 bits per heavy atom. The van der Waals surface area contributed by atoms with Crippen molar-refractivity contribution in [1.29, 1.82) is 0 Å². The van der Waals surface area contributed by atoms with Crippen LogP contribution in [0.4, 0.5) is 5.69 Å². The molecule has 0 unspecified atom stereocenters. The van der Waals surface area contributed by atoms with Gasteiger partial charge in [0.2, 0.25) is 0 Å². The summed E-state index contributed by atoms with van der Waals surface area (Å²) < 4.78 is 6.03. The summed E-state index contributed by atoms with van der Waals surface area (Å²) in [7, 11) is 1.23. The Labute approximate surface area is 181 Å². The van der Waals surface area contributed by atoms with Crippen LogP contribution >= 0.6 is 63.7 Å². The highest BCUT2D eigenvalue weighted by Gasteiger charge is 2.28. The van der Waals surface area contributed by atoms with Crippen LogP contribution in [0.15, 0.2) is 42.2 Å². The quantitative estimate of drug-likeness (QED) is 0.271. The zero-order chi connectivity index (χ0) is 19.6. The molecule has 0 radical (unpaired) electrons. The number of aromatic carboxylic acids is 1. The molecule has 0 aromatic heterocycles. The van der Waals surface area contributed by atoms with Gasteiger partial charge in [-0.25, -0.2) is 9.59 Å². The van der Waals surface area contributed by atoms with Crippen LogP contribution < -0.4 is 5.32 Å².